The topological polar surface area (TPSA) is 49.8 Å². The van der Waals surface area contributed by atoms with Crippen molar-refractivity contribution in [2.24, 2.45) is 0 Å². The fraction of sp³-hybridized carbons (Fsp3) is 0.375. The predicted octanol–water partition coefficient (Wildman–Crippen LogP) is 3.99. The quantitative estimate of drug-likeness (QED) is 0.747. The summed E-state index contributed by atoms with van der Waals surface area (Å²) in [7, 11) is 0. The number of aromatic nitrogens is 2. The second kappa shape index (κ2) is 7.48. The molecule has 0 aliphatic carbocycles. The van der Waals surface area contributed by atoms with Crippen LogP contribution in [0.1, 0.15) is 32.3 Å². The summed E-state index contributed by atoms with van der Waals surface area (Å²) >= 11 is 0. The van der Waals surface area contributed by atoms with Crippen LogP contribution in [0, 0.1) is 0 Å². The Morgan fingerprint density at radius 2 is 1.75 bits per heavy atom. The molecule has 4 heteroatoms. The van der Waals surface area contributed by atoms with Gasteiger partial charge in [-0.15, -0.1) is 0 Å². The second-order valence-electron chi connectivity index (χ2n) is 4.74. The number of nitrogens with one attached hydrogen (secondary N) is 2. The van der Waals surface area contributed by atoms with E-state index in [-0.39, 0.29) is 0 Å². The van der Waals surface area contributed by atoms with Crippen LogP contribution < -0.4 is 10.6 Å². The lowest BCUT2D eigenvalue weighted by Gasteiger charge is -2.08. The van der Waals surface area contributed by atoms with Crippen molar-refractivity contribution in [3.05, 3.63) is 42.2 Å². The first-order chi connectivity index (χ1) is 9.81. The molecule has 2 aromatic rings. The molecule has 0 aliphatic heterocycles. The lowest BCUT2D eigenvalue weighted by atomic mass is 10.1. The van der Waals surface area contributed by atoms with Crippen molar-refractivity contribution < 1.29 is 0 Å². The smallest absolute Gasteiger partial charge is 0.135 e. The Balaban J connectivity index is 1.99. The SMILES string of the molecule is CCCCNc1cc(Nc2ccc(CC)cc2)ncn1. The number of unbranched alkanes of at least 4 members (excludes halogenated alkanes) is 1. The Morgan fingerprint density at radius 1 is 1.00 bits per heavy atom. The van der Waals surface area contributed by atoms with Crippen LogP contribution in [0.15, 0.2) is 36.7 Å². The van der Waals surface area contributed by atoms with Crippen LogP contribution in [0.3, 0.4) is 0 Å². The molecule has 2 rings (SSSR count). The van der Waals surface area contributed by atoms with Gasteiger partial charge in [0.25, 0.3) is 0 Å². The van der Waals surface area contributed by atoms with Crippen molar-refractivity contribution in [2.45, 2.75) is 33.1 Å². The predicted molar refractivity (Wildman–Crippen MR) is 84.5 cm³/mol. The molecular formula is C16H22N4. The van der Waals surface area contributed by atoms with Crippen molar-refractivity contribution in [1.82, 2.24) is 9.97 Å². The molecule has 1 aromatic heterocycles. The number of hydrogen-bond donors (Lipinski definition) is 2. The second-order valence-corrected chi connectivity index (χ2v) is 4.74. The van der Waals surface area contributed by atoms with E-state index in [0.717, 1.165) is 36.7 Å². The Bertz CT molecular complexity index is 522. The fourth-order valence-electron chi connectivity index (χ4n) is 1.89. The van der Waals surface area contributed by atoms with Gasteiger partial charge in [0, 0.05) is 18.3 Å². The summed E-state index contributed by atoms with van der Waals surface area (Å²) in [6.45, 7) is 5.27. The van der Waals surface area contributed by atoms with Crippen molar-refractivity contribution in [2.75, 3.05) is 17.2 Å². The third-order valence-corrected chi connectivity index (χ3v) is 3.14. The Hall–Kier alpha value is -2.10. The van der Waals surface area contributed by atoms with Gasteiger partial charge in [-0.25, -0.2) is 9.97 Å². The van der Waals surface area contributed by atoms with Crippen molar-refractivity contribution in [3.63, 3.8) is 0 Å². The van der Waals surface area contributed by atoms with E-state index in [2.05, 4.69) is 58.7 Å². The van der Waals surface area contributed by atoms with E-state index in [4.69, 9.17) is 0 Å². The van der Waals surface area contributed by atoms with Gasteiger partial charge in [0.05, 0.1) is 0 Å². The lowest BCUT2D eigenvalue weighted by molar-refractivity contribution is 0.830. The Kier molecular flexibility index (Phi) is 5.35. The maximum Gasteiger partial charge on any atom is 0.135 e. The molecule has 0 unspecified atom stereocenters. The highest BCUT2D eigenvalue weighted by Gasteiger charge is 1.99. The van der Waals surface area contributed by atoms with Crippen LogP contribution in [-0.2, 0) is 6.42 Å². The van der Waals surface area contributed by atoms with Gasteiger partial charge in [-0.3, -0.25) is 0 Å². The average molecular weight is 270 g/mol. The zero-order valence-electron chi connectivity index (χ0n) is 12.2. The van der Waals surface area contributed by atoms with Gasteiger partial charge in [-0.1, -0.05) is 32.4 Å². The molecule has 0 atom stereocenters. The van der Waals surface area contributed by atoms with Gasteiger partial charge in [0.2, 0.25) is 0 Å². The average Bonchev–Trinajstić information content (AvgIpc) is 2.49. The number of hydrogen-bond acceptors (Lipinski definition) is 4. The van der Waals surface area contributed by atoms with Crippen LogP contribution >= 0.6 is 0 Å². The van der Waals surface area contributed by atoms with E-state index in [0.29, 0.717) is 0 Å². The number of nitrogens with zero attached hydrogens (tertiary/aromatic N) is 2. The van der Waals surface area contributed by atoms with E-state index < -0.39 is 0 Å². The van der Waals surface area contributed by atoms with Gasteiger partial charge in [0.15, 0.2) is 0 Å². The third-order valence-electron chi connectivity index (χ3n) is 3.14. The summed E-state index contributed by atoms with van der Waals surface area (Å²) in [4.78, 5) is 8.46. The molecule has 106 valence electrons. The molecule has 0 saturated carbocycles. The number of rotatable bonds is 7. The summed E-state index contributed by atoms with van der Waals surface area (Å²) in [5.74, 6) is 1.67. The zero-order chi connectivity index (χ0) is 14.2. The molecule has 0 amide bonds. The molecule has 1 heterocycles. The highest BCUT2D eigenvalue weighted by molar-refractivity contribution is 5.59. The summed E-state index contributed by atoms with van der Waals surface area (Å²) in [6.07, 6.45) is 4.95. The number of benzene rings is 1. The molecular weight excluding hydrogens is 248 g/mol. The van der Waals surface area contributed by atoms with E-state index >= 15 is 0 Å². The van der Waals surface area contributed by atoms with Crippen LogP contribution in [-0.4, -0.2) is 16.5 Å². The van der Waals surface area contributed by atoms with Gasteiger partial charge in [-0.2, -0.15) is 0 Å². The van der Waals surface area contributed by atoms with Gasteiger partial charge < -0.3 is 10.6 Å². The molecule has 0 spiro atoms. The van der Waals surface area contributed by atoms with E-state index in [1.807, 2.05) is 6.07 Å². The van der Waals surface area contributed by atoms with E-state index in [9.17, 15) is 0 Å². The third kappa shape index (κ3) is 4.23. The maximum atomic E-state index is 4.24. The van der Waals surface area contributed by atoms with Crippen LogP contribution in [0.2, 0.25) is 0 Å². The normalized spacial score (nSPS) is 10.3. The highest BCUT2D eigenvalue weighted by atomic mass is 15.1. The minimum Gasteiger partial charge on any atom is -0.370 e. The standard InChI is InChI=1S/C16H22N4/c1-3-5-10-17-15-11-16(19-12-18-15)20-14-8-6-13(4-2)7-9-14/h6-9,11-12H,3-5,10H2,1-2H3,(H2,17,18,19,20). The van der Waals surface area contributed by atoms with Gasteiger partial charge >= 0.3 is 0 Å². The first-order valence-corrected chi connectivity index (χ1v) is 7.23. The van der Waals surface area contributed by atoms with Crippen LogP contribution in [0.25, 0.3) is 0 Å². The molecule has 0 aliphatic rings. The monoisotopic (exact) mass is 270 g/mol. The molecule has 20 heavy (non-hydrogen) atoms. The summed E-state index contributed by atoms with van der Waals surface area (Å²) in [5.41, 5.74) is 2.38. The van der Waals surface area contributed by atoms with E-state index in [1.54, 1.807) is 6.33 Å². The number of aryl methyl sites for hydroxylation is 1. The van der Waals surface area contributed by atoms with Gasteiger partial charge in [0.1, 0.15) is 18.0 Å². The van der Waals surface area contributed by atoms with E-state index in [1.165, 1.54) is 12.0 Å². The van der Waals surface area contributed by atoms with Crippen LogP contribution in [0.5, 0.6) is 0 Å². The summed E-state index contributed by atoms with van der Waals surface area (Å²) in [6, 6.07) is 10.3. The first-order valence-electron chi connectivity index (χ1n) is 7.23. The van der Waals surface area contributed by atoms with Crippen molar-refractivity contribution in [1.29, 1.82) is 0 Å². The zero-order valence-corrected chi connectivity index (χ0v) is 12.2. The first kappa shape index (κ1) is 14.3. The largest absolute Gasteiger partial charge is 0.370 e. The highest BCUT2D eigenvalue weighted by Crippen LogP contribution is 2.17. The van der Waals surface area contributed by atoms with Crippen molar-refractivity contribution in [3.8, 4) is 0 Å². The Labute approximate surface area is 120 Å². The Morgan fingerprint density at radius 3 is 2.45 bits per heavy atom. The molecule has 2 N–H and O–H groups in total. The number of anilines is 3. The molecule has 1 aromatic carbocycles. The lowest BCUT2D eigenvalue weighted by Crippen LogP contribution is -2.04. The molecule has 0 fully saturated rings. The summed E-state index contributed by atoms with van der Waals surface area (Å²) < 4.78 is 0. The van der Waals surface area contributed by atoms with Crippen LogP contribution in [0.4, 0.5) is 17.3 Å². The fourth-order valence-corrected chi connectivity index (χ4v) is 1.89. The summed E-state index contributed by atoms with van der Waals surface area (Å²) in [5, 5.41) is 6.59. The molecule has 0 saturated heterocycles. The van der Waals surface area contributed by atoms with Crippen molar-refractivity contribution >= 4 is 17.3 Å². The minimum atomic E-state index is 0.809. The molecule has 0 radical (unpaired) electrons. The maximum absolute atomic E-state index is 4.24. The molecule has 4 nitrogen and oxygen atoms in total. The minimum absolute atomic E-state index is 0.809. The molecule has 0 bridgehead atoms. The van der Waals surface area contributed by atoms with Gasteiger partial charge in [-0.05, 0) is 30.5 Å².